The first-order valence-corrected chi connectivity index (χ1v) is 11.3. The number of ether oxygens (including phenoxy) is 1. The van der Waals surface area contributed by atoms with Crippen molar-refractivity contribution in [2.75, 3.05) is 0 Å². The van der Waals surface area contributed by atoms with Crippen molar-refractivity contribution in [2.45, 2.75) is 38.6 Å². The summed E-state index contributed by atoms with van der Waals surface area (Å²) in [6.07, 6.45) is -5.78. The Bertz CT molecular complexity index is 1190. The van der Waals surface area contributed by atoms with Crippen LogP contribution in [0.25, 0.3) is 0 Å². The summed E-state index contributed by atoms with van der Waals surface area (Å²) in [4.78, 5) is 12.5. The standard InChI is InChI=1S/C25H21Cl3F3NO2/c1-24(2,3)32-23(33)15-6-11-21(19(12-15)25(29,30)31)34-22(14-4-7-16(26)8-5-14)18-10-9-17(27)13-20(18)28/h4-13,22H,1-3H3,(H,32,33). The van der Waals surface area contributed by atoms with E-state index in [0.29, 0.717) is 21.2 Å². The third kappa shape index (κ3) is 6.59. The Hall–Kier alpha value is -2.41. The number of alkyl halides is 3. The average Bonchev–Trinajstić information content (AvgIpc) is 2.71. The van der Waals surface area contributed by atoms with Gasteiger partial charge in [0.05, 0.1) is 5.56 Å². The van der Waals surface area contributed by atoms with Gasteiger partial charge in [0.15, 0.2) is 6.10 Å². The minimum atomic E-state index is -4.78. The van der Waals surface area contributed by atoms with E-state index in [2.05, 4.69) is 5.32 Å². The number of nitrogens with one attached hydrogen (secondary N) is 1. The smallest absolute Gasteiger partial charge is 0.419 e. The molecular formula is C25H21Cl3F3NO2. The molecule has 3 aromatic rings. The summed E-state index contributed by atoms with van der Waals surface area (Å²) in [7, 11) is 0. The lowest BCUT2D eigenvalue weighted by molar-refractivity contribution is -0.139. The highest BCUT2D eigenvalue weighted by Crippen LogP contribution is 2.41. The lowest BCUT2D eigenvalue weighted by Crippen LogP contribution is -2.40. The van der Waals surface area contributed by atoms with Gasteiger partial charge in [-0.05, 0) is 68.8 Å². The van der Waals surface area contributed by atoms with Gasteiger partial charge in [0.1, 0.15) is 5.75 Å². The fraction of sp³-hybridized carbons (Fsp3) is 0.240. The molecule has 0 saturated carbocycles. The van der Waals surface area contributed by atoms with E-state index in [1.54, 1.807) is 57.2 Å². The molecule has 0 heterocycles. The first-order chi connectivity index (χ1) is 15.7. The van der Waals surface area contributed by atoms with Crippen molar-refractivity contribution < 1.29 is 22.7 Å². The maximum Gasteiger partial charge on any atom is 0.419 e. The lowest BCUT2D eigenvalue weighted by Gasteiger charge is -2.24. The summed E-state index contributed by atoms with van der Waals surface area (Å²) in [6, 6.07) is 14.3. The Kier molecular flexibility index (Phi) is 7.75. The van der Waals surface area contributed by atoms with Crippen molar-refractivity contribution in [2.24, 2.45) is 0 Å². The number of carbonyl (C=O) groups excluding carboxylic acids is 1. The molecule has 3 nitrogen and oxygen atoms in total. The molecule has 1 amide bonds. The van der Waals surface area contributed by atoms with E-state index in [-0.39, 0.29) is 10.6 Å². The summed E-state index contributed by atoms with van der Waals surface area (Å²) < 4.78 is 47.9. The van der Waals surface area contributed by atoms with Gasteiger partial charge in [-0.2, -0.15) is 13.2 Å². The van der Waals surface area contributed by atoms with Crippen molar-refractivity contribution in [1.29, 1.82) is 0 Å². The van der Waals surface area contributed by atoms with Gasteiger partial charge in [0.25, 0.3) is 5.91 Å². The number of hydrogen-bond acceptors (Lipinski definition) is 2. The van der Waals surface area contributed by atoms with Crippen molar-refractivity contribution in [3.63, 3.8) is 0 Å². The van der Waals surface area contributed by atoms with Crippen LogP contribution in [-0.2, 0) is 6.18 Å². The van der Waals surface area contributed by atoms with Gasteiger partial charge in [-0.25, -0.2) is 0 Å². The molecule has 0 bridgehead atoms. The Morgan fingerprint density at radius 3 is 2.06 bits per heavy atom. The van der Waals surface area contributed by atoms with E-state index >= 15 is 0 Å². The molecule has 0 aliphatic heterocycles. The van der Waals surface area contributed by atoms with Crippen molar-refractivity contribution in [3.8, 4) is 5.75 Å². The lowest BCUT2D eigenvalue weighted by atomic mass is 10.0. The summed E-state index contributed by atoms with van der Waals surface area (Å²) in [5.41, 5.74) is -0.900. The maximum atomic E-state index is 14.0. The Morgan fingerprint density at radius 2 is 1.50 bits per heavy atom. The number of halogens is 6. The summed E-state index contributed by atoms with van der Waals surface area (Å²) >= 11 is 18.3. The van der Waals surface area contributed by atoms with E-state index in [1.165, 1.54) is 12.1 Å². The Morgan fingerprint density at radius 1 is 0.882 bits per heavy atom. The predicted octanol–water partition coefficient (Wildman–Crippen LogP) is 8.36. The molecule has 0 aromatic heterocycles. The molecule has 0 saturated heterocycles. The predicted molar refractivity (Wildman–Crippen MR) is 129 cm³/mol. The highest BCUT2D eigenvalue weighted by Gasteiger charge is 2.36. The minimum Gasteiger partial charge on any atom is -0.480 e. The Labute approximate surface area is 210 Å². The molecule has 0 aliphatic carbocycles. The van der Waals surface area contributed by atoms with Gasteiger partial charge in [-0.15, -0.1) is 0 Å². The number of carbonyl (C=O) groups is 1. The van der Waals surface area contributed by atoms with Crippen LogP contribution in [0.5, 0.6) is 5.75 Å². The average molecular weight is 531 g/mol. The molecule has 180 valence electrons. The van der Waals surface area contributed by atoms with Crippen LogP contribution in [0.3, 0.4) is 0 Å². The molecule has 1 atom stereocenters. The second-order valence-corrected chi connectivity index (χ2v) is 9.91. The zero-order valence-electron chi connectivity index (χ0n) is 18.4. The van der Waals surface area contributed by atoms with Crippen LogP contribution in [-0.4, -0.2) is 11.4 Å². The monoisotopic (exact) mass is 529 g/mol. The highest BCUT2D eigenvalue weighted by atomic mass is 35.5. The molecule has 9 heteroatoms. The molecular weight excluding hydrogens is 510 g/mol. The number of rotatable bonds is 5. The van der Waals surface area contributed by atoms with Crippen LogP contribution in [0, 0.1) is 0 Å². The Balaban J connectivity index is 2.09. The largest absolute Gasteiger partial charge is 0.480 e. The quantitative estimate of drug-likeness (QED) is 0.360. The van der Waals surface area contributed by atoms with Gasteiger partial charge < -0.3 is 10.1 Å². The first-order valence-electron chi connectivity index (χ1n) is 10.2. The summed E-state index contributed by atoms with van der Waals surface area (Å²) in [6.45, 7) is 5.21. The van der Waals surface area contributed by atoms with Crippen molar-refractivity contribution in [1.82, 2.24) is 5.32 Å². The van der Waals surface area contributed by atoms with Gasteiger partial charge in [-0.1, -0.05) is 53.0 Å². The molecule has 0 fully saturated rings. The van der Waals surface area contributed by atoms with E-state index in [0.717, 1.165) is 12.1 Å². The van der Waals surface area contributed by atoms with E-state index in [9.17, 15) is 18.0 Å². The molecule has 3 rings (SSSR count). The topological polar surface area (TPSA) is 38.3 Å². The van der Waals surface area contributed by atoms with Crippen LogP contribution in [0.2, 0.25) is 15.1 Å². The van der Waals surface area contributed by atoms with Crippen LogP contribution in [0.4, 0.5) is 13.2 Å². The normalized spacial score (nSPS) is 12.9. The summed E-state index contributed by atoms with van der Waals surface area (Å²) in [5, 5.41) is 3.70. The van der Waals surface area contributed by atoms with E-state index in [4.69, 9.17) is 39.5 Å². The van der Waals surface area contributed by atoms with Crippen LogP contribution >= 0.6 is 34.8 Å². The van der Waals surface area contributed by atoms with Crippen molar-refractivity contribution >= 4 is 40.7 Å². The van der Waals surface area contributed by atoms with Gasteiger partial charge in [0.2, 0.25) is 0 Å². The van der Waals surface area contributed by atoms with Gasteiger partial charge in [-0.3, -0.25) is 4.79 Å². The van der Waals surface area contributed by atoms with Crippen molar-refractivity contribution in [3.05, 3.63) is 98.0 Å². The minimum absolute atomic E-state index is 0.137. The van der Waals surface area contributed by atoms with Crippen LogP contribution in [0.1, 0.15) is 53.9 Å². The molecule has 0 aliphatic rings. The van der Waals surface area contributed by atoms with Gasteiger partial charge >= 0.3 is 6.18 Å². The van der Waals surface area contributed by atoms with Crippen LogP contribution in [0.15, 0.2) is 60.7 Å². The number of hydrogen-bond donors (Lipinski definition) is 1. The molecule has 34 heavy (non-hydrogen) atoms. The molecule has 0 radical (unpaired) electrons. The SMILES string of the molecule is CC(C)(C)NC(=O)c1ccc(OC(c2ccc(Cl)cc2)c2ccc(Cl)cc2Cl)c(C(F)(F)F)c1. The molecule has 1 N–H and O–H groups in total. The van der Waals surface area contributed by atoms with Crippen LogP contribution < -0.4 is 10.1 Å². The second kappa shape index (κ2) is 10.1. The highest BCUT2D eigenvalue weighted by molar-refractivity contribution is 6.35. The first kappa shape index (κ1) is 26.2. The third-order valence-electron chi connectivity index (χ3n) is 4.70. The molecule has 0 spiro atoms. The van der Waals surface area contributed by atoms with E-state index in [1.807, 2.05) is 0 Å². The zero-order valence-corrected chi connectivity index (χ0v) is 20.7. The van der Waals surface area contributed by atoms with E-state index < -0.39 is 35.0 Å². The second-order valence-electron chi connectivity index (χ2n) is 8.63. The fourth-order valence-electron chi connectivity index (χ4n) is 3.20. The zero-order chi connectivity index (χ0) is 25.3. The number of benzene rings is 3. The third-order valence-corrected chi connectivity index (χ3v) is 5.51. The fourth-order valence-corrected chi connectivity index (χ4v) is 3.83. The number of amides is 1. The maximum absolute atomic E-state index is 14.0. The summed E-state index contributed by atoms with van der Waals surface area (Å²) in [5.74, 6) is -1.08. The molecule has 1 unspecified atom stereocenters. The van der Waals surface area contributed by atoms with Gasteiger partial charge in [0, 0.05) is 31.7 Å². The molecule has 3 aromatic carbocycles.